The minimum absolute atomic E-state index is 0.0317. The highest BCUT2D eigenvalue weighted by molar-refractivity contribution is 5.97. The molecule has 0 bridgehead atoms. The number of hydrogen-bond acceptors (Lipinski definition) is 5. The lowest BCUT2D eigenvalue weighted by Crippen LogP contribution is -2.38. The van der Waals surface area contributed by atoms with Crippen LogP contribution >= 0.6 is 0 Å². The summed E-state index contributed by atoms with van der Waals surface area (Å²) in [6.45, 7) is 2.77. The smallest absolute Gasteiger partial charge is 0.305 e. The van der Waals surface area contributed by atoms with Crippen LogP contribution in [-0.2, 0) is 16.1 Å². The van der Waals surface area contributed by atoms with E-state index in [4.69, 9.17) is 10.5 Å². The summed E-state index contributed by atoms with van der Waals surface area (Å²) in [5.74, 6) is 0.220. The average Bonchev–Trinajstić information content (AvgIpc) is 3.02. The number of esters is 1. The van der Waals surface area contributed by atoms with E-state index < -0.39 is 0 Å². The van der Waals surface area contributed by atoms with Crippen LogP contribution in [0.5, 0.6) is 0 Å². The first kappa shape index (κ1) is 20.2. The van der Waals surface area contributed by atoms with Gasteiger partial charge in [-0.05, 0) is 44.4 Å². The second-order valence-corrected chi connectivity index (χ2v) is 7.44. The number of nitrogen functional groups attached to an aromatic ring is 1. The third-order valence-electron chi connectivity index (χ3n) is 5.54. The highest BCUT2D eigenvalue weighted by Crippen LogP contribution is 2.25. The van der Waals surface area contributed by atoms with E-state index >= 15 is 0 Å². The Balaban J connectivity index is 1.71. The van der Waals surface area contributed by atoms with Crippen LogP contribution in [0.15, 0.2) is 18.2 Å². The number of fused-ring (bicyclic) bond motifs is 1. The lowest BCUT2D eigenvalue weighted by atomic mass is 9.94. The van der Waals surface area contributed by atoms with Crippen LogP contribution in [0, 0.1) is 0 Å². The Hall–Kier alpha value is -2.57. The first-order chi connectivity index (χ1) is 13.5. The molecule has 1 aromatic heterocycles. The SMILES string of the molecule is CCOC(=O)CCCn1c(N)nc2cc(C(=O)N(C)C3CCCCC3)ccc21. The summed E-state index contributed by atoms with van der Waals surface area (Å²) in [5.41, 5.74) is 8.29. The Labute approximate surface area is 165 Å². The molecule has 1 saturated carbocycles. The van der Waals surface area contributed by atoms with E-state index in [9.17, 15) is 9.59 Å². The largest absolute Gasteiger partial charge is 0.466 e. The van der Waals surface area contributed by atoms with Crippen LogP contribution < -0.4 is 5.73 Å². The first-order valence-electron chi connectivity index (χ1n) is 10.2. The molecule has 1 aliphatic carbocycles. The number of rotatable bonds is 7. The summed E-state index contributed by atoms with van der Waals surface area (Å²) < 4.78 is 6.84. The molecule has 152 valence electrons. The van der Waals surface area contributed by atoms with E-state index in [1.807, 2.05) is 34.7 Å². The topological polar surface area (TPSA) is 90.5 Å². The van der Waals surface area contributed by atoms with Crippen molar-refractivity contribution < 1.29 is 14.3 Å². The zero-order valence-corrected chi connectivity index (χ0v) is 16.8. The van der Waals surface area contributed by atoms with Gasteiger partial charge in [0.15, 0.2) is 0 Å². The molecular weight excluding hydrogens is 356 g/mol. The van der Waals surface area contributed by atoms with Crippen LogP contribution in [0.25, 0.3) is 11.0 Å². The van der Waals surface area contributed by atoms with Gasteiger partial charge < -0.3 is 19.9 Å². The molecule has 1 fully saturated rings. The van der Waals surface area contributed by atoms with Gasteiger partial charge in [-0.3, -0.25) is 9.59 Å². The quantitative estimate of drug-likeness (QED) is 0.737. The van der Waals surface area contributed by atoms with Gasteiger partial charge in [0.05, 0.1) is 17.6 Å². The maximum Gasteiger partial charge on any atom is 0.305 e. The number of ether oxygens (including phenoxy) is 1. The molecule has 3 rings (SSSR count). The molecular formula is C21H30N4O3. The summed E-state index contributed by atoms with van der Waals surface area (Å²) in [4.78, 5) is 30.7. The van der Waals surface area contributed by atoms with E-state index in [0.717, 1.165) is 18.4 Å². The van der Waals surface area contributed by atoms with Crippen LogP contribution in [0.3, 0.4) is 0 Å². The number of carbonyl (C=O) groups excluding carboxylic acids is 2. The number of hydrogen-bond donors (Lipinski definition) is 1. The molecule has 1 aromatic carbocycles. The molecule has 1 amide bonds. The van der Waals surface area contributed by atoms with Gasteiger partial charge in [0.25, 0.3) is 5.91 Å². The summed E-state index contributed by atoms with van der Waals surface area (Å²) in [6.07, 6.45) is 6.76. The molecule has 0 radical (unpaired) electrons. The third-order valence-corrected chi connectivity index (χ3v) is 5.54. The van der Waals surface area contributed by atoms with E-state index in [1.54, 1.807) is 6.92 Å². The van der Waals surface area contributed by atoms with E-state index in [2.05, 4.69) is 4.98 Å². The lowest BCUT2D eigenvalue weighted by Gasteiger charge is -2.31. The molecule has 0 spiro atoms. The van der Waals surface area contributed by atoms with Crippen molar-refractivity contribution >= 4 is 28.9 Å². The molecule has 2 N–H and O–H groups in total. The number of aromatic nitrogens is 2. The zero-order valence-electron chi connectivity index (χ0n) is 16.8. The van der Waals surface area contributed by atoms with Crippen molar-refractivity contribution in [2.24, 2.45) is 0 Å². The Morgan fingerprint density at radius 2 is 2.04 bits per heavy atom. The molecule has 7 nitrogen and oxygen atoms in total. The molecule has 7 heteroatoms. The van der Waals surface area contributed by atoms with Crippen molar-refractivity contribution in [1.29, 1.82) is 0 Å². The fraction of sp³-hybridized carbons (Fsp3) is 0.571. The van der Waals surface area contributed by atoms with E-state index in [-0.39, 0.29) is 11.9 Å². The fourth-order valence-electron chi connectivity index (χ4n) is 3.97. The summed E-state index contributed by atoms with van der Waals surface area (Å²) in [6, 6.07) is 5.87. The average molecular weight is 386 g/mol. The predicted octanol–water partition coefficient (Wildman–Crippen LogP) is 3.37. The van der Waals surface area contributed by atoms with Crippen LogP contribution in [-0.4, -0.2) is 46.0 Å². The summed E-state index contributed by atoms with van der Waals surface area (Å²) in [5, 5.41) is 0. The molecule has 1 aliphatic rings. The predicted molar refractivity (Wildman–Crippen MR) is 109 cm³/mol. The van der Waals surface area contributed by atoms with Crippen molar-refractivity contribution in [2.75, 3.05) is 19.4 Å². The number of nitrogens with zero attached hydrogens (tertiary/aromatic N) is 3. The molecule has 0 atom stereocenters. The van der Waals surface area contributed by atoms with E-state index in [1.165, 1.54) is 19.3 Å². The van der Waals surface area contributed by atoms with Crippen molar-refractivity contribution in [3.63, 3.8) is 0 Å². The Bertz CT molecular complexity index is 840. The number of nitrogens with two attached hydrogens (primary N) is 1. The Morgan fingerprint density at radius 3 is 2.75 bits per heavy atom. The molecule has 2 aromatic rings. The Morgan fingerprint density at radius 1 is 1.29 bits per heavy atom. The van der Waals surface area contributed by atoms with Crippen molar-refractivity contribution in [3.8, 4) is 0 Å². The van der Waals surface area contributed by atoms with Gasteiger partial charge in [0.2, 0.25) is 5.95 Å². The minimum Gasteiger partial charge on any atom is -0.466 e. The third kappa shape index (κ3) is 4.46. The second-order valence-electron chi connectivity index (χ2n) is 7.44. The number of benzene rings is 1. The fourth-order valence-corrected chi connectivity index (χ4v) is 3.97. The number of carbonyl (C=O) groups is 2. The molecule has 0 unspecified atom stereocenters. The molecule has 0 saturated heterocycles. The standard InChI is InChI=1S/C21H30N4O3/c1-3-28-19(26)10-7-13-25-18-12-11-15(14-17(18)23-21(25)22)20(27)24(2)16-8-5-4-6-9-16/h11-12,14,16H,3-10,13H2,1-2H3,(H2,22,23). The zero-order chi connectivity index (χ0) is 20.1. The number of imidazole rings is 1. The molecule has 28 heavy (non-hydrogen) atoms. The maximum atomic E-state index is 12.9. The van der Waals surface area contributed by atoms with Gasteiger partial charge in [0.1, 0.15) is 0 Å². The molecule has 0 aliphatic heterocycles. The van der Waals surface area contributed by atoms with Crippen molar-refractivity contribution in [3.05, 3.63) is 23.8 Å². The van der Waals surface area contributed by atoms with Gasteiger partial charge in [-0.1, -0.05) is 19.3 Å². The van der Waals surface area contributed by atoms with Crippen LogP contribution in [0.4, 0.5) is 5.95 Å². The summed E-state index contributed by atoms with van der Waals surface area (Å²) >= 11 is 0. The molecule has 1 heterocycles. The van der Waals surface area contributed by atoms with Gasteiger partial charge in [-0.15, -0.1) is 0 Å². The number of anilines is 1. The number of aryl methyl sites for hydroxylation is 1. The Kier molecular flexibility index (Phi) is 6.54. The maximum absolute atomic E-state index is 12.9. The monoisotopic (exact) mass is 386 g/mol. The lowest BCUT2D eigenvalue weighted by molar-refractivity contribution is -0.143. The van der Waals surface area contributed by atoms with Gasteiger partial charge in [-0.25, -0.2) is 4.98 Å². The van der Waals surface area contributed by atoms with Crippen LogP contribution in [0.2, 0.25) is 0 Å². The van der Waals surface area contributed by atoms with Crippen molar-refractivity contribution in [2.45, 2.75) is 64.5 Å². The van der Waals surface area contributed by atoms with Gasteiger partial charge in [-0.2, -0.15) is 0 Å². The number of amides is 1. The van der Waals surface area contributed by atoms with E-state index in [0.29, 0.717) is 49.1 Å². The van der Waals surface area contributed by atoms with Crippen LogP contribution in [0.1, 0.15) is 62.2 Å². The highest BCUT2D eigenvalue weighted by atomic mass is 16.5. The minimum atomic E-state index is -0.205. The first-order valence-corrected chi connectivity index (χ1v) is 10.2. The second kappa shape index (κ2) is 9.08. The van der Waals surface area contributed by atoms with Gasteiger partial charge >= 0.3 is 5.97 Å². The van der Waals surface area contributed by atoms with Gasteiger partial charge in [0, 0.05) is 31.6 Å². The highest BCUT2D eigenvalue weighted by Gasteiger charge is 2.23. The van der Waals surface area contributed by atoms with Crippen molar-refractivity contribution in [1.82, 2.24) is 14.5 Å². The summed E-state index contributed by atoms with van der Waals surface area (Å²) in [7, 11) is 1.89. The normalized spacial score (nSPS) is 14.9.